The van der Waals surface area contributed by atoms with Gasteiger partial charge in [-0.05, 0) is 62.1 Å². The third-order valence-corrected chi connectivity index (χ3v) is 6.69. The van der Waals surface area contributed by atoms with Crippen molar-refractivity contribution in [3.8, 4) is 0 Å². The van der Waals surface area contributed by atoms with Gasteiger partial charge in [0.1, 0.15) is 0 Å². The Bertz CT molecular complexity index is 459. The molecule has 4 atom stereocenters. The van der Waals surface area contributed by atoms with Crippen LogP contribution in [0.4, 0.5) is 0 Å². The fourth-order valence-corrected chi connectivity index (χ4v) is 5.13. The molecule has 21 heavy (non-hydrogen) atoms. The molecular formula is C19H28BrN. The zero-order chi connectivity index (χ0) is 14.7. The molecule has 1 nitrogen and oxygen atoms in total. The van der Waals surface area contributed by atoms with Crippen molar-refractivity contribution in [2.45, 2.75) is 57.4 Å². The van der Waals surface area contributed by atoms with Gasteiger partial charge in [0.05, 0.1) is 0 Å². The third-order valence-electron chi connectivity index (χ3n) is 5.92. The second kappa shape index (κ2) is 7.28. The number of rotatable bonds is 4. The van der Waals surface area contributed by atoms with Crippen molar-refractivity contribution in [2.24, 2.45) is 17.8 Å². The summed E-state index contributed by atoms with van der Waals surface area (Å²) in [4.78, 5) is 0. The second-order valence-corrected chi connectivity index (χ2v) is 7.92. The lowest BCUT2D eigenvalue weighted by Gasteiger charge is -2.42. The van der Waals surface area contributed by atoms with Crippen LogP contribution in [0.1, 0.15) is 50.5 Å². The zero-order valence-corrected chi connectivity index (χ0v) is 14.7. The van der Waals surface area contributed by atoms with Crippen LogP contribution in [0.5, 0.6) is 0 Å². The smallest absolute Gasteiger partial charge is 0.0207 e. The van der Waals surface area contributed by atoms with Gasteiger partial charge in [-0.1, -0.05) is 59.8 Å². The van der Waals surface area contributed by atoms with E-state index < -0.39 is 0 Å². The van der Waals surface area contributed by atoms with Crippen LogP contribution >= 0.6 is 15.9 Å². The zero-order valence-electron chi connectivity index (χ0n) is 13.2. The number of likely N-dealkylation sites (N-methyl/N-ethyl adjacent to an activating group) is 1. The van der Waals surface area contributed by atoms with Crippen LogP contribution in [-0.2, 0) is 6.42 Å². The Labute approximate surface area is 138 Å². The van der Waals surface area contributed by atoms with Crippen LogP contribution in [0.2, 0.25) is 0 Å². The number of hydrogen-bond acceptors (Lipinski definition) is 1. The molecule has 1 N–H and O–H groups in total. The van der Waals surface area contributed by atoms with Gasteiger partial charge in [-0.25, -0.2) is 0 Å². The normalized spacial score (nSPS) is 30.7. The Morgan fingerprint density at radius 2 is 1.86 bits per heavy atom. The van der Waals surface area contributed by atoms with E-state index in [1.54, 1.807) is 0 Å². The van der Waals surface area contributed by atoms with E-state index in [1.807, 2.05) is 0 Å². The van der Waals surface area contributed by atoms with Crippen molar-refractivity contribution >= 4 is 15.9 Å². The Balaban J connectivity index is 1.65. The Morgan fingerprint density at radius 1 is 1.10 bits per heavy atom. The number of benzene rings is 1. The van der Waals surface area contributed by atoms with E-state index in [-0.39, 0.29) is 0 Å². The van der Waals surface area contributed by atoms with E-state index in [0.29, 0.717) is 6.04 Å². The van der Waals surface area contributed by atoms with Gasteiger partial charge in [-0.2, -0.15) is 0 Å². The number of fused-ring (bicyclic) bond motifs is 1. The van der Waals surface area contributed by atoms with Crippen molar-refractivity contribution in [1.29, 1.82) is 0 Å². The van der Waals surface area contributed by atoms with Crippen molar-refractivity contribution in [2.75, 3.05) is 7.05 Å². The molecule has 0 aliphatic heterocycles. The molecule has 4 unspecified atom stereocenters. The van der Waals surface area contributed by atoms with E-state index in [4.69, 9.17) is 0 Å². The summed E-state index contributed by atoms with van der Waals surface area (Å²) >= 11 is 3.71. The second-order valence-electron chi connectivity index (χ2n) is 7.07. The Kier molecular flexibility index (Phi) is 5.39. The lowest BCUT2D eigenvalue weighted by atomic mass is 9.65. The maximum atomic E-state index is 3.71. The Hall–Kier alpha value is -0.340. The highest BCUT2D eigenvalue weighted by Gasteiger charge is 2.35. The highest BCUT2D eigenvalue weighted by molar-refractivity contribution is 9.10. The third kappa shape index (κ3) is 3.71. The molecule has 0 aromatic heterocycles. The van der Waals surface area contributed by atoms with Crippen molar-refractivity contribution in [3.05, 3.63) is 34.3 Å². The first kappa shape index (κ1) is 15.6. The SMILES string of the molecule is CNC(Cc1ccccc1Br)C1CCC2CCCCC2C1. The summed E-state index contributed by atoms with van der Waals surface area (Å²) in [6.07, 6.45) is 11.5. The molecule has 3 rings (SSSR count). The van der Waals surface area contributed by atoms with Gasteiger partial charge in [0.15, 0.2) is 0 Å². The van der Waals surface area contributed by atoms with Crippen LogP contribution in [0.25, 0.3) is 0 Å². The first-order valence-corrected chi connectivity index (χ1v) is 9.48. The summed E-state index contributed by atoms with van der Waals surface area (Å²) in [5.41, 5.74) is 1.45. The quantitative estimate of drug-likeness (QED) is 0.788. The average molecular weight is 350 g/mol. The van der Waals surface area contributed by atoms with Crippen LogP contribution in [-0.4, -0.2) is 13.1 Å². The fourth-order valence-electron chi connectivity index (χ4n) is 4.68. The van der Waals surface area contributed by atoms with Gasteiger partial charge in [-0.3, -0.25) is 0 Å². The van der Waals surface area contributed by atoms with E-state index in [1.165, 1.54) is 55.0 Å². The lowest BCUT2D eigenvalue weighted by molar-refractivity contribution is 0.111. The van der Waals surface area contributed by atoms with Gasteiger partial charge in [-0.15, -0.1) is 0 Å². The summed E-state index contributed by atoms with van der Waals surface area (Å²) in [6.45, 7) is 0. The van der Waals surface area contributed by atoms with Crippen molar-refractivity contribution < 1.29 is 0 Å². The summed E-state index contributed by atoms with van der Waals surface area (Å²) in [5, 5.41) is 3.62. The first-order chi connectivity index (χ1) is 10.3. The van der Waals surface area contributed by atoms with Crippen molar-refractivity contribution in [3.63, 3.8) is 0 Å². The molecule has 0 bridgehead atoms. The summed E-state index contributed by atoms with van der Waals surface area (Å²) in [6, 6.07) is 9.33. The molecule has 1 aromatic carbocycles. The van der Waals surface area contributed by atoms with E-state index in [2.05, 4.69) is 52.6 Å². The summed E-state index contributed by atoms with van der Waals surface area (Å²) in [5.74, 6) is 2.94. The molecule has 116 valence electrons. The van der Waals surface area contributed by atoms with Crippen molar-refractivity contribution in [1.82, 2.24) is 5.32 Å². The monoisotopic (exact) mass is 349 g/mol. The van der Waals surface area contributed by atoms with Gasteiger partial charge in [0, 0.05) is 10.5 Å². The topological polar surface area (TPSA) is 12.0 Å². The van der Waals surface area contributed by atoms with Gasteiger partial charge in [0.25, 0.3) is 0 Å². The average Bonchev–Trinajstić information content (AvgIpc) is 2.54. The standard InChI is InChI=1S/C19H28BrN/c1-21-19(13-16-8-4-5-9-18(16)20)17-11-10-14-6-2-3-7-15(14)12-17/h4-5,8-9,14-15,17,19,21H,2-3,6-7,10-13H2,1H3. The summed E-state index contributed by atoms with van der Waals surface area (Å²) in [7, 11) is 2.15. The van der Waals surface area contributed by atoms with E-state index in [0.717, 1.165) is 24.2 Å². The molecular weight excluding hydrogens is 322 g/mol. The molecule has 2 aliphatic rings. The molecule has 0 heterocycles. The van der Waals surface area contributed by atoms with Crippen LogP contribution in [0, 0.1) is 17.8 Å². The first-order valence-electron chi connectivity index (χ1n) is 8.68. The molecule has 0 radical (unpaired) electrons. The van der Waals surface area contributed by atoms with Gasteiger partial charge >= 0.3 is 0 Å². The highest BCUT2D eigenvalue weighted by atomic mass is 79.9. The number of nitrogens with one attached hydrogen (secondary N) is 1. The maximum Gasteiger partial charge on any atom is 0.0207 e. The minimum absolute atomic E-state index is 0.631. The molecule has 2 saturated carbocycles. The molecule has 2 fully saturated rings. The van der Waals surface area contributed by atoms with Crippen LogP contribution in [0.15, 0.2) is 28.7 Å². The predicted octanol–water partition coefficient (Wildman–Crippen LogP) is 5.19. The van der Waals surface area contributed by atoms with Gasteiger partial charge in [0.2, 0.25) is 0 Å². The van der Waals surface area contributed by atoms with E-state index >= 15 is 0 Å². The minimum atomic E-state index is 0.631. The molecule has 0 amide bonds. The van der Waals surface area contributed by atoms with Gasteiger partial charge < -0.3 is 5.32 Å². The van der Waals surface area contributed by atoms with Crippen LogP contribution in [0.3, 0.4) is 0 Å². The molecule has 0 saturated heterocycles. The van der Waals surface area contributed by atoms with E-state index in [9.17, 15) is 0 Å². The highest BCUT2D eigenvalue weighted by Crippen LogP contribution is 2.44. The summed E-state index contributed by atoms with van der Waals surface area (Å²) < 4.78 is 1.26. The molecule has 2 aliphatic carbocycles. The maximum absolute atomic E-state index is 3.71. The lowest BCUT2D eigenvalue weighted by Crippen LogP contribution is -2.40. The fraction of sp³-hybridized carbons (Fsp3) is 0.684. The predicted molar refractivity (Wildman–Crippen MR) is 93.5 cm³/mol. The Morgan fingerprint density at radius 3 is 2.62 bits per heavy atom. The van der Waals surface area contributed by atoms with Crippen LogP contribution < -0.4 is 5.32 Å². The number of hydrogen-bond donors (Lipinski definition) is 1. The molecule has 2 heteroatoms. The minimum Gasteiger partial charge on any atom is -0.316 e. The largest absolute Gasteiger partial charge is 0.316 e. The molecule has 1 aromatic rings. The molecule has 0 spiro atoms. The number of halogens is 1.